The summed E-state index contributed by atoms with van der Waals surface area (Å²) in [6.45, 7) is 2.05. The normalized spacial score (nSPS) is 10.6. The fourth-order valence-corrected chi connectivity index (χ4v) is 2.00. The zero-order chi connectivity index (χ0) is 13.2. The van der Waals surface area contributed by atoms with E-state index < -0.39 is 0 Å². The Hall–Kier alpha value is -2.62. The van der Waals surface area contributed by atoms with Crippen molar-refractivity contribution in [1.29, 1.82) is 0 Å². The van der Waals surface area contributed by atoms with Crippen molar-refractivity contribution in [2.75, 3.05) is 5.73 Å². The Bertz CT molecular complexity index is 687. The van der Waals surface area contributed by atoms with Gasteiger partial charge in [-0.25, -0.2) is 0 Å². The Balaban J connectivity index is 2.17. The largest absolute Gasteiger partial charge is 0.380 e. The van der Waals surface area contributed by atoms with Gasteiger partial charge in [0.05, 0.1) is 5.56 Å². The van der Waals surface area contributed by atoms with Crippen molar-refractivity contribution in [2.45, 2.75) is 6.92 Å². The number of anilines is 1. The Labute approximate surface area is 110 Å². The summed E-state index contributed by atoms with van der Waals surface area (Å²) in [4.78, 5) is 4.00. The first-order valence-corrected chi connectivity index (χ1v) is 5.98. The van der Waals surface area contributed by atoms with E-state index in [9.17, 15) is 0 Å². The molecule has 1 aromatic carbocycles. The second kappa shape index (κ2) is 4.57. The van der Waals surface area contributed by atoms with Crippen LogP contribution >= 0.6 is 0 Å². The van der Waals surface area contributed by atoms with Crippen LogP contribution in [0.5, 0.6) is 0 Å². The predicted octanol–water partition coefficient (Wildman–Crippen LogP) is 3.29. The van der Waals surface area contributed by atoms with Crippen molar-refractivity contribution in [3.63, 3.8) is 0 Å². The average Bonchev–Trinajstić information content (AvgIpc) is 2.83. The summed E-state index contributed by atoms with van der Waals surface area (Å²) in [5.74, 6) is 1.07. The van der Waals surface area contributed by atoms with Crippen molar-refractivity contribution < 1.29 is 4.52 Å². The van der Waals surface area contributed by atoms with Crippen LogP contribution in [0.1, 0.15) is 5.56 Å². The number of benzene rings is 1. The molecule has 0 saturated heterocycles. The molecule has 2 N–H and O–H groups in total. The molecule has 0 atom stereocenters. The number of hydrogen-bond donors (Lipinski definition) is 1. The molecule has 94 valence electrons. The van der Waals surface area contributed by atoms with Gasteiger partial charge < -0.3 is 10.3 Å². The summed E-state index contributed by atoms with van der Waals surface area (Å²) >= 11 is 0. The zero-order valence-corrected chi connectivity index (χ0v) is 10.5. The molecule has 2 heterocycles. The van der Waals surface area contributed by atoms with Crippen molar-refractivity contribution >= 4 is 5.82 Å². The number of rotatable bonds is 2. The smallest absolute Gasteiger partial charge is 0.177 e. The molecule has 0 bridgehead atoms. The highest BCUT2D eigenvalue weighted by molar-refractivity contribution is 5.86. The molecule has 0 fully saturated rings. The van der Waals surface area contributed by atoms with Crippen LogP contribution in [0.4, 0.5) is 5.82 Å². The van der Waals surface area contributed by atoms with Crippen LogP contribution in [0.25, 0.3) is 22.5 Å². The minimum absolute atomic E-state index is 0.399. The third-order valence-electron chi connectivity index (χ3n) is 3.00. The SMILES string of the molecule is Cc1ccc(-c2c(N)noc2-c2ccncc2)cc1. The van der Waals surface area contributed by atoms with Crippen LogP contribution in [0.15, 0.2) is 53.3 Å². The van der Waals surface area contributed by atoms with E-state index in [1.165, 1.54) is 5.56 Å². The molecule has 19 heavy (non-hydrogen) atoms. The number of nitrogen functional groups attached to an aromatic ring is 1. The van der Waals surface area contributed by atoms with Gasteiger partial charge in [-0.15, -0.1) is 0 Å². The molecule has 4 nitrogen and oxygen atoms in total. The standard InChI is InChI=1S/C15H13N3O/c1-10-2-4-11(5-3-10)13-14(19-18-15(13)16)12-6-8-17-9-7-12/h2-9H,1H3,(H2,16,18). The Morgan fingerprint density at radius 3 is 2.32 bits per heavy atom. The van der Waals surface area contributed by atoms with Crippen molar-refractivity contribution in [3.8, 4) is 22.5 Å². The molecular weight excluding hydrogens is 238 g/mol. The van der Waals surface area contributed by atoms with E-state index in [1.54, 1.807) is 12.4 Å². The summed E-state index contributed by atoms with van der Waals surface area (Å²) in [5, 5.41) is 3.87. The fraction of sp³-hybridized carbons (Fsp3) is 0.0667. The number of pyridine rings is 1. The van der Waals surface area contributed by atoms with Crippen LogP contribution in [-0.4, -0.2) is 10.1 Å². The van der Waals surface area contributed by atoms with Gasteiger partial charge in [0, 0.05) is 18.0 Å². The van der Waals surface area contributed by atoms with E-state index in [4.69, 9.17) is 10.3 Å². The highest BCUT2D eigenvalue weighted by atomic mass is 16.5. The lowest BCUT2D eigenvalue weighted by Gasteiger charge is -2.03. The maximum absolute atomic E-state index is 5.93. The molecule has 3 aromatic rings. The molecule has 0 radical (unpaired) electrons. The van der Waals surface area contributed by atoms with Crippen LogP contribution in [0.2, 0.25) is 0 Å². The monoisotopic (exact) mass is 251 g/mol. The number of hydrogen-bond acceptors (Lipinski definition) is 4. The first-order chi connectivity index (χ1) is 9.25. The molecule has 0 aliphatic rings. The van der Waals surface area contributed by atoms with Gasteiger partial charge in [-0.3, -0.25) is 4.98 Å². The number of aromatic nitrogens is 2. The predicted molar refractivity (Wildman–Crippen MR) is 74.3 cm³/mol. The summed E-state index contributed by atoms with van der Waals surface area (Å²) < 4.78 is 5.36. The Kier molecular flexibility index (Phi) is 2.76. The number of aryl methyl sites for hydroxylation is 1. The number of nitrogens with zero attached hydrogens (tertiary/aromatic N) is 2. The van der Waals surface area contributed by atoms with Gasteiger partial charge >= 0.3 is 0 Å². The van der Waals surface area contributed by atoms with E-state index in [0.717, 1.165) is 16.7 Å². The fourth-order valence-electron chi connectivity index (χ4n) is 2.00. The van der Waals surface area contributed by atoms with Crippen LogP contribution < -0.4 is 5.73 Å². The second-order valence-electron chi connectivity index (χ2n) is 4.37. The van der Waals surface area contributed by atoms with Gasteiger partial charge in [0.15, 0.2) is 11.6 Å². The molecule has 0 saturated carbocycles. The van der Waals surface area contributed by atoms with Gasteiger partial charge in [0.25, 0.3) is 0 Å². The van der Waals surface area contributed by atoms with Gasteiger partial charge in [-0.05, 0) is 24.6 Å². The first kappa shape index (κ1) is 11.5. The first-order valence-electron chi connectivity index (χ1n) is 5.98. The second-order valence-corrected chi connectivity index (χ2v) is 4.37. The quantitative estimate of drug-likeness (QED) is 0.759. The van der Waals surface area contributed by atoms with Gasteiger partial charge in [-0.1, -0.05) is 35.0 Å². The molecular formula is C15H13N3O. The molecule has 4 heteroatoms. The molecule has 2 aromatic heterocycles. The summed E-state index contributed by atoms with van der Waals surface area (Å²) in [6.07, 6.45) is 3.43. The highest BCUT2D eigenvalue weighted by Crippen LogP contribution is 2.36. The Morgan fingerprint density at radius 1 is 0.947 bits per heavy atom. The van der Waals surface area contributed by atoms with E-state index >= 15 is 0 Å². The van der Waals surface area contributed by atoms with Crippen LogP contribution in [0, 0.1) is 6.92 Å². The molecule has 0 aliphatic heterocycles. The van der Waals surface area contributed by atoms with E-state index in [-0.39, 0.29) is 0 Å². The van der Waals surface area contributed by atoms with Crippen LogP contribution in [-0.2, 0) is 0 Å². The molecule has 0 spiro atoms. The summed E-state index contributed by atoms with van der Waals surface area (Å²) in [6, 6.07) is 11.9. The topological polar surface area (TPSA) is 64.9 Å². The lowest BCUT2D eigenvalue weighted by molar-refractivity contribution is 0.436. The third-order valence-corrected chi connectivity index (χ3v) is 3.00. The zero-order valence-electron chi connectivity index (χ0n) is 10.5. The third kappa shape index (κ3) is 2.08. The molecule has 0 amide bonds. The summed E-state index contributed by atoms with van der Waals surface area (Å²) in [5.41, 5.74) is 9.86. The molecule has 3 rings (SSSR count). The molecule has 0 unspecified atom stereocenters. The van der Waals surface area contributed by atoms with E-state index in [2.05, 4.69) is 10.1 Å². The highest BCUT2D eigenvalue weighted by Gasteiger charge is 2.17. The maximum Gasteiger partial charge on any atom is 0.177 e. The summed E-state index contributed by atoms with van der Waals surface area (Å²) in [7, 11) is 0. The molecule has 0 aliphatic carbocycles. The van der Waals surface area contributed by atoms with Crippen LogP contribution in [0.3, 0.4) is 0 Å². The average molecular weight is 251 g/mol. The van der Waals surface area contributed by atoms with E-state index in [1.807, 2.05) is 43.3 Å². The van der Waals surface area contributed by atoms with E-state index in [0.29, 0.717) is 11.6 Å². The van der Waals surface area contributed by atoms with Gasteiger partial charge in [0.1, 0.15) is 0 Å². The Morgan fingerprint density at radius 2 is 1.63 bits per heavy atom. The minimum atomic E-state index is 0.399. The van der Waals surface area contributed by atoms with Gasteiger partial charge in [-0.2, -0.15) is 0 Å². The lowest BCUT2D eigenvalue weighted by Crippen LogP contribution is -1.89. The number of nitrogens with two attached hydrogens (primary N) is 1. The minimum Gasteiger partial charge on any atom is -0.380 e. The van der Waals surface area contributed by atoms with Gasteiger partial charge in [0.2, 0.25) is 0 Å². The van der Waals surface area contributed by atoms with Crippen molar-refractivity contribution in [3.05, 3.63) is 54.4 Å². The maximum atomic E-state index is 5.93. The van der Waals surface area contributed by atoms with Crippen molar-refractivity contribution in [2.24, 2.45) is 0 Å². The lowest BCUT2D eigenvalue weighted by atomic mass is 10.0. The van der Waals surface area contributed by atoms with Crippen molar-refractivity contribution in [1.82, 2.24) is 10.1 Å².